The lowest BCUT2D eigenvalue weighted by Gasteiger charge is -2.33. The average molecular weight is 570 g/mol. The standard InChI is InChI=1S/C30H36ClN3O4S/c1-5-28(30(36)32-19-22(2)3)33(20-24-14-16-25(31)17-15-24)29(35)21-34(26-11-9-10-23(4)18-26)39(37,38)27-12-7-6-8-13-27/h6-18,22,28H,5,19-21H2,1-4H3,(H,32,36). The third-order valence-electron chi connectivity index (χ3n) is 6.24. The second kappa shape index (κ2) is 13.6. The van der Waals surface area contributed by atoms with Crippen LogP contribution in [0.3, 0.4) is 0 Å². The summed E-state index contributed by atoms with van der Waals surface area (Å²) in [7, 11) is -4.08. The van der Waals surface area contributed by atoms with Gasteiger partial charge in [0.05, 0.1) is 10.6 Å². The Morgan fingerprint density at radius 1 is 0.949 bits per heavy atom. The van der Waals surface area contributed by atoms with Gasteiger partial charge >= 0.3 is 0 Å². The van der Waals surface area contributed by atoms with E-state index in [1.807, 2.05) is 33.8 Å². The molecule has 0 radical (unpaired) electrons. The van der Waals surface area contributed by atoms with E-state index in [1.165, 1.54) is 17.0 Å². The van der Waals surface area contributed by atoms with Gasteiger partial charge in [0.15, 0.2) is 0 Å². The van der Waals surface area contributed by atoms with Crippen molar-refractivity contribution in [3.8, 4) is 0 Å². The average Bonchev–Trinajstić information content (AvgIpc) is 2.91. The summed E-state index contributed by atoms with van der Waals surface area (Å²) in [5.41, 5.74) is 2.00. The van der Waals surface area contributed by atoms with Crippen LogP contribution in [0.5, 0.6) is 0 Å². The number of carbonyl (C=O) groups excluding carboxylic acids is 2. The van der Waals surface area contributed by atoms with Gasteiger partial charge in [0, 0.05) is 18.1 Å². The Balaban J connectivity index is 2.03. The maximum atomic E-state index is 14.0. The van der Waals surface area contributed by atoms with Crippen molar-refractivity contribution < 1.29 is 18.0 Å². The van der Waals surface area contributed by atoms with Gasteiger partial charge in [-0.1, -0.05) is 74.8 Å². The molecular weight excluding hydrogens is 534 g/mol. The number of rotatable bonds is 12. The van der Waals surface area contributed by atoms with Crippen LogP contribution in [0.2, 0.25) is 5.02 Å². The van der Waals surface area contributed by atoms with Crippen LogP contribution in [0.4, 0.5) is 5.69 Å². The van der Waals surface area contributed by atoms with Gasteiger partial charge in [-0.25, -0.2) is 8.42 Å². The lowest BCUT2D eigenvalue weighted by molar-refractivity contribution is -0.140. The number of amides is 2. The molecule has 3 aromatic rings. The van der Waals surface area contributed by atoms with Crippen molar-refractivity contribution in [2.75, 3.05) is 17.4 Å². The van der Waals surface area contributed by atoms with E-state index in [0.717, 1.165) is 15.4 Å². The van der Waals surface area contributed by atoms with E-state index in [0.29, 0.717) is 23.7 Å². The number of carbonyl (C=O) groups is 2. The van der Waals surface area contributed by atoms with E-state index in [-0.39, 0.29) is 23.3 Å². The molecule has 0 aliphatic carbocycles. The lowest BCUT2D eigenvalue weighted by Crippen LogP contribution is -2.52. The predicted octanol–water partition coefficient (Wildman–Crippen LogP) is 5.42. The zero-order chi connectivity index (χ0) is 28.6. The van der Waals surface area contributed by atoms with Gasteiger partial charge in [0.1, 0.15) is 12.6 Å². The molecule has 2 amide bonds. The first-order valence-corrected chi connectivity index (χ1v) is 14.8. The Bertz CT molecular complexity index is 1360. The van der Waals surface area contributed by atoms with E-state index in [9.17, 15) is 18.0 Å². The monoisotopic (exact) mass is 569 g/mol. The number of nitrogens with zero attached hydrogens (tertiary/aromatic N) is 2. The number of benzene rings is 3. The molecule has 0 fully saturated rings. The third kappa shape index (κ3) is 8.07. The largest absolute Gasteiger partial charge is 0.354 e. The number of hydrogen-bond donors (Lipinski definition) is 1. The summed E-state index contributed by atoms with van der Waals surface area (Å²) < 4.78 is 28.7. The van der Waals surface area contributed by atoms with Crippen molar-refractivity contribution in [2.24, 2.45) is 5.92 Å². The van der Waals surface area contributed by atoms with E-state index >= 15 is 0 Å². The van der Waals surface area contributed by atoms with Crippen LogP contribution in [0, 0.1) is 12.8 Å². The van der Waals surface area contributed by atoms with Crippen molar-refractivity contribution >= 4 is 39.1 Å². The normalized spacial score (nSPS) is 12.2. The number of anilines is 1. The van der Waals surface area contributed by atoms with Gasteiger partial charge in [-0.3, -0.25) is 13.9 Å². The van der Waals surface area contributed by atoms with Crippen molar-refractivity contribution in [3.63, 3.8) is 0 Å². The highest BCUT2D eigenvalue weighted by molar-refractivity contribution is 7.92. The molecule has 0 bridgehead atoms. The zero-order valence-electron chi connectivity index (χ0n) is 22.8. The summed E-state index contributed by atoms with van der Waals surface area (Å²) in [5.74, 6) is -0.529. The summed E-state index contributed by atoms with van der Waals surface area (Å²) in [6.45, 7) is 7.80. The molecule has 0 spiro atoms. The fourth-order valence-corrected chi connectivity index (χ4v) is 5.71. The molecule has 0 aromatic heterocycles. The highest BCUT2D eigenvalue weighted by Crippen LogP contribution is 2.25. The maximum Gasteiger partial charge on any atom is 0.264 e. The fourth-order valence-electron chi connectivity index (χ4n) is 4.16. The Kier molecular flexibility index (Phi) is 10.5. The van der Waals surface area contributed by atoms with Crippen molar-refractivity contribution in [2.45, 2.75) is 51.6 Å². The first kappa shape index (κ1) is 30.2. The first-order valence-electron chi connectivity index (χ1n) is 13.0. The second-order valence-electron chi connectivity index (χ2n) is 9.87. The number of nitrogens with one attached hydrogen (secondary N) is 1. The Morgan fingerprint density at radius 2 is 1.62 bits per heavy atom. The number of halogens is 1. The molecule has 0 aliphatic rings. The maximum absolute atomic E-state index is 14.0. The molecular formula is C30H36ClN3O4S. The quantitative estimate of drug-likeness (QED) is 0.315. The molecule has 1 atom stereocenters. The van der Waals surface area contributed by atoms with Crippen molar-refractivity contribution in [1.82, 2.24) is 10.2 Å². The summed E-state index contributed by atoms with van der Waals surface area (Å²) in [4.78, 5) is 28.8. The summed E-state index contributed by atoms with van der Waals surface area (Å²) in [6.07, 6.45) is 0.360. The van der Waals surface area contributed by atoms with E-state index in [2.05, 4.69) is 5.32 Å². The van der Waals surface area contributed by atoms with Crippen molar-refractivity contribution in [1.29, 1.82) is 0 Å². The van der Waals surface area contributed by atoms with Crippen LogP contribution in [-0.2, 0) is 26.2 Å². The minimum Gasteiger partial charge on any atom is -0.354 e. The van der Waals surface area contributed by atoms with Gasteiger partial charge in [0.25, 0.3) is 10.0 Å². The SMILES string of the molecule is CCC(C(=O)NCC(C)C)N(Cc1ccc(Cl)cc1)C(=O)CN(c1cccc(C)c1)S(=O)(=O)c1ccccc1. The van der Waals surface area contributed by atoms with Gasteiger partial charge in [-0.15, -0.1) is 0 Å². The van der Waals surface area contributed by atoms with Gasteiger partial charge in [-0.05, 0) is 66.8 Å². The molecule has 208 valence electrons. The Hall–Kier alpha value is -3.36. The van der Waals surface area contributed by atoms with Crippen LogP contribution in [-0.4, -0.2) is 44.3 Å². The van der Waals surface area contributed by atoms with Crippen LogP contribution in [0.15, 0.2) is 83.8 Å². The topological polar surface area (TPSA) is 86.8 Å². The zero-order valence-corrected chi connectivity index (χ0v) is 24.4. The minimum absolute atomic E-state index is 0.0743. The molecule has 0 saturated carbocycles. The predicted molar refractivity (Wildman–Crippen MR) is 156 cm³/mol. The molecule has 39 heavy (non-hydrogen) atoms. The second-order valence-corrected chi connectivity index (χ2v) is 12.2. The molecule has 1 unspecified atom stereocenters. The molecule has 0 heterocycles. The molecule has 1 N–H and O–H groups in total. The fraction of sp³-hybridized carbons (Fsp3) is 0.333. The summed E-state index contributed by atoms with van der Waals surface area (Å²) in [5, 5.41) is 3.48. The molecule has 0 saturated heterocycles. The first-order chi connectivity index (χ1) is 18.5. The van der Waals surface area contributed by atoms with Gasteiger partial charge < -0.3 is 10.2 Å². The Labute approximate surface area is 236 Å². The van der Waals surface area contributed by atoms with Crippen LogP contribution < -0.4 is 9.62 Å². The van der Waals surface area contributed by atoms with E-state index in [4.69, 9.17) is 11.6 Å². The summed E-state index contributed by atoms with van der Waals surface area (Å²) in [6, 6.07) is 21.3. The van der Waals surface area contributed by atoms with E-state index < -0.39 is 28.5 Å². The highest BCUT2D eigenvalue weighted by Gasteiger charge is 2.33. The lowest BCUT2D eigenvalue weighted by atomic mass is 10.1. The van der Waals surface area contributed by atoms with Crippen LogP contribution >= 0.6 is 11.6 Å². The number of sulfonamides is 1. The smallest absolute Gasteiger partial charge is 0.264 e. The minimum atomic E-state index is -4.08. The van der Waals surface area contributed by atoms with Gasteiger partial charge in [-0.2, -0.15) is 0 Å². The molecule has 3 rings (SSSR count). The highest BCUT2D eigenvalue weighted by atomic mass is 35.5. The van der Waals surface area contributed by atoms with Crippen LogP contribution in [0.25, 0.3) is 0 Å². The van der Waals surface area contributed by atoms with Crippen LogP contribution in [0.1, 0.15) is 38.3 Å². The molecule has 7 nitrogen and oxygen atoms in total. The van der Waals surface area contributed by atoms with Gasteiger partial charge in [0.2, 0.25) is 11.8 Å². The molecule has 0 aliphatic heterocycles. The Morgan fingerprint density at radius 3 is 2.21 bits per heavy atom. The van der Waals surface area contributed by atoms with Crippen molar-refractivity contribution in [3.05, 3.63) is 95.0 Å². The molecule has 9 heteroatoms. The summed E-state index contributed by atoms with van der Waals surface area (Å²) >= 11 is 6.06. The third-order valence-corrected chi connectivity index (χ3v) is 8.28. The number of hydrogen-bond acceptors (Lipinski definition) is 4. The van der Waals surface area contributed by atoms with E-state index in [1.54, 1.807) is 60.7 Å². The molecule has 3 aromatic carbocycles. The number of aryl methyl sites for hydroxylation is 1.